The van der Waals surface area contributed by atoms with Crippen LogP contribution in [0.3, 0.4) is 0 Å². The quantitative estimate of drug-likeness (QED) is 0.534. The Kier molecular flexibility index (Phi) is 4.67. The van der Waals surface area contributed by atoms with Crippen LogP contribution < -0.4 is 5.32 Å². The summed E-state index contributed by atoms with van der Waals surface area (Å²) in [4.78, 5) is 22.1. The van der Waals surface area contributed by atoms with Crippen LogP contribution >= 0.6 is 11.3 Å². The molecule has 0 aliphatic carbocycles. The molecule has 0 saturated carbocycles. The molecule has 7 nitrogen and oxygen atoms in total. The predicted octanol–water partition coefficient (Wildman–Crippen LogP) is 3.56. The summed E-state index contributed by atoms with van der Waals surface area (Å²) in [6.45, 7) is 1.85. The maximum Gasteiger partial charge on any atom is 0.278 e. The number of carbonyl (C=O) groups is 1. The van der Waals surface area contributed by atoms with Crippen molar-refractivity contribution >= 4 is 37.7 Å². The van der Waals surface area contributed by atoms with Gasteiger partial charge in [0.25, 0.3) is 5.91 Å². The average Bonchev–Trinajstić information content (AvgIpc) is 3.23. The van der Waals surface area contributed by atoms with Gasteiger partial charge in [0.2, 0.25) is 15.0 Å². The SMILES string of the molecule is Cc1sc(NC(=O)c2nc(S(C)(=O)=O)n3ccccc23)nc1-c1ccc(F)cc1. The molecule has 1 aromatic carbocycles. The molecule has 0 unspecified atom stereocenters. The summed E-state index contributed by atoms with van der Waals surface area (Å²) < 4.78 is 38.6. The third kappa shape index (κ3) is 3.64. The van der Waals surface area contributed by atoms with Gasteiger partial charge in [-0.1, -0.05) is 6.07 Å². The van der Waals surface area contributed by atoms with Crippen LogP contribution in [0.1, 0.15) is 15.4 Å². The predicted molar refractivity (Wildman–Crippen MR) is 109 cm³/mol. The minimum atomic E-state index is -3.63. The van der Waals surface area contributed by atoms with Crippen LogP contribution in [0.15, 0.2) is 53.8 Å². The molecule has 1 N–H and O–H groups in total. The molecule has 0 aliphatic heterocycles. The number of fused-ring (bicyclic) bond motifs is 1. The van der Waals surface area contributed by atoms with Crippen molar-refractivity contribution < 1.29 is 17.6 Å². The molecule has 148 valence electrons. The molecule has 1 amide bonds. The highest BCUT2D eigenvalue weighted by atomic mass is 32.2. The van der Waals surface area contributed by atoms with Crippen molar-refractivity contribution in [3.05, 3.63) is 65.0 Å². The average molecular weight is 430 g/mol. The monoisotopic (exact) mass is 430 g/mol. The Labute approximate surface area is 169 Å². The van der Waals surface area contributed by atoms with Crippen molar-refractivity contribution in [3.63, 3.8) is 0 Å². The number of aromatic nitrogens is 3. The van der Waals surface area contributed by atoms with Crippen molar-refractivity contribution in [2.75, 3.05) is 11.6 Å². The van der Waals surface area contributed by atoms with Crippen LogP contribution in [-0.4, -0.2) is 34.9 Å². The van der Waals surface area contributed by atoms with Crippen LogP contribution in [0, 0.1) is 12.7 Å². The topological polar surface area (TPSA) is 93.4 Å². The molecule has 0 fully saturated rings. The van der Waals surface area contributed by atoms with Gasteiger partial charge in [0.15, 0.2) is 10.8 Å². The fourth-order valence-electron chi connectivity index (χ4n) is 2.92. The van der Waals surface area contributed by atoms with Gasteiger partial charge in [-0.05, 0) is 43.3 Å². The number of thiazole rings is 1. The van der Waals surface area contributed by atoms with Crippen LogP contribution in [0.2, 0.25) is 0 Å². The van der Waals surface area contributed by atoms with Crippen molar-refractivity contribution in [2.45, 2.75) is 12.1 Å². The Hall–Kier alpha value is -3.11. The van der Waals surface area contributed by atoms with Crippen LogP contribution in [0.25, 0.3) is 16.8 Å². The largest absolute Gasteiger partial charge is 0.296 e. The van der Waals surface area contributed by atoms with Gasteiger partial charge in [-0.3, -0.25) is 14.5 Å². The summed E-state index contributed by atoms with van der Waals surface area (Å²) in [7, 11) is -3.63. The summed E-state index contributed by atoms with van der Waals surface area (Å²) in [5, 5.41) is 2.81. The lowest BCUT2D eigenvalue weighted by Crippen LogP contribution is -2.13. The first-order valence-corrected chi connectivity index (χ1v) is 11.2. The van der Waals surface area contributed by atoms with Gasteiger partial charge < -0.3 is 0 Å². The fourth-order valence-corrected chi connectivity index (χ4v) is 4.52. The van der Waals surface area contributed by atoms with E-state index in [1.165, 1.54) is 34.1 Å². The Morgan fingerprint density at radius 3 is 2.55 bits per heavy atom. The first-order chi connectivity index (χ1) is 13.7. The Morgan fingerprint density at radius 1 is 1.14 bits per heavy atom. The molecule has 0 spiro atoms. The molecule has 3 heterocycles. The minimum Gasteiger partial charge on any atom is -0.296 e. The molecule has 4 rings (SSSR count). The molecule has 0 aliphatic rings. The van der Waals surface area contributed by atoms with Crippen LogP contribution in [0.5, 0.6) is 0 Å². The zero-order valence-electron chi connectivity index (χ0n) is 15.4. The first-order valence-electron chi connectivity index (χ1n) is 8.46. The highest BCUT2D eigenvalue weighted by molar-refractivity contribution is 7.90. The second-order valence-electron chi connectivity index (χ2n) is 6.36. The number of sulfone groups is 1. The maximum atomic E-state index is 13.2. The molecule has 0 bridgehead atoms. The lowest BCUT2D eigenvalue weighted by Gasteiger charge is -2.00. The number of amides is 1. The van der Waals surface area contributed by atoms with Gasteiger partial charge in [0.05, 0.1) is 11.2 Å². The number of imidazole rings is 1. The molecular formula is C19H15FN4O3S2. The second-order valence-corrected chi connectivity index (χ2v) is 9.47. The standard InChI is InChI=1S/C19H15FN4O3S2/c1-11-15(12-6-8-13(20)9-7-12)21-18(28-11)23-17(25)16-14-5-3-4-10-24(14)19(22-16)29(2,26)27/h3-10H,1-2H3,(H,21,23,25). The molecule has 10 heteroatoms. The van der Waals surface area contributed by atoms with E-state index in [4.69, 9.17) is 0 Å². The maximum absolute atomic E-state index is 13.2. The van der Waals surface area contributed by atoms with E-state index in [1.54, 1.807) is 30.3 Å². The number of nitrogens with one attached hydrogen (secondary N) is 1. The summed E-state index contributed by atoms with van der Waals surface area (Å²) in [6, 6.07) is 10.9. The molecule has 29 heavy (non-hydrogen) atoms. The smallest absolute Gasteiger partial charge is 0.278 e. The number of halogens is 1. The molecule has 4 aromatic rings. The number of benzene rings is 1. The molecular weight excluding hydrogens is 415 g/mol. The number of hydrogen-bond donors (Lipinski definition) is 1. The van der Waals surface area contributed by atoms with E-state index >= 15 is 0 Å². The Morgan fingerprint density at radius 2 is 1.86 bits per heavy atom. The van der Waals surface area contributed by atoms with E-state index in [-0.39, 0.29) is 16.7 Å². The number of aryl methyl sites for hydroxylation is 1. The van der Waals surface area contributed by atoms with Crippen LogP contribution in [-0.2, 0) is 9.84 Å². The van der Waals surface area contributed by atoms with Gasteiger partial charge in [-0.25, -0.2) is 22.8 Å². The Balaban J connectivity index is 1.69. The zero-order valence-corrected chi connectivity index (χ0v) is 17.0. The lowest BCUT2D eigenvalue weighted by molar-refractivity contribution is 0.102. The molecule has 0 atom stereocenters. The first kappa shape index (κ1) is 19.2. The van der Waals surface area contributed by atoms with E-state index in [2.05, 4.69) is 15.3 Å². The van der Waals surface area contributed by atoms with Gasteiger partial charge in [-0.15, -0.1) is 11.3 Å². The lowest BCUT2D eigenvalue weighted by atomic mass is 10.1. The van der Waals surface area contributed by atoms with Crippen LogP contribution in [0.4, 0.5) is 9.52 Å². The summed E-state index contributed by atoms with van der Waals surface area (Å²) >= 11 is 1.26. The van der Waals surface area contributed by atoms with Gasteiger partial charge in [0, 0.05) is 22.9 Å². The number of hydrogen-bond acceptors (Lipinski definition) is 6. The second kappa shape index (κ2) is 7.05. The molecule has 0 saturated heterocycles. The normalized spacial score (nSPS) is 11.7. The molecule has 0 radical (unpaired) electrons. The van der Waals surface area contributed by atoms with Crippen molar-refractivity contribution in [2.24, 2.45) is 0 Å². The summed E-state index contributed by atoms with van der Waals surface area (Å²) in [6.07, 6.45) is 2.57. The highest BCUT2D eigenvalue weighted by Crippen LogP contribution is 2.31. The van der Waals surface area contributed by atoms with Gasteiger partial charge in [0.1, 0.15) is 5.82 Å². The molecule has 3 aromatic heterocycles. The summed E-state index contributed by atoms with van der Waals surface area (Å²) in [5.41, 5.74) is 1.73. The van der Waals surface area contributed by atoms with Crippen molar-refractivity contribution in [1.29, 1.82) is 0 Å². The van der Waals surface area contributed by atoms with E-state index in [1.807, 2.05) is 6.92 Å². The number of nitrogens with zero attached hydrogens (tertiary/aromatic N) is 3. The number of pyridine rings is 1. The van der Waals surface area contributed by atoms with E-state index in [0.29, 0.717) is 16.3 Å². The minimum absolute atomic E-state index is 0.0118. The van der Waals surface area contributed by atoms with E-state index in [0.717, 1.165) is 16.7 Å². The Bertz CT molecular complexity index is 1340. The van der Waals surface area contributed by atoms with E-state index in [9.17, 15) is 17.6 Å². The number of rotatable bonds is 4. The van der Waals surface area contributed by atoms with E-state index < -0.39 is 15.7 Å². The van der Waals surface area contributed by atoms with Crippen molar-refractivity contribution in [1.82, 2.24) is 14.4 Å². The zero-order chi connectivity index (χ0) is 20.8. The number of carbonyl (C=O) groups excluding carboxylic acids is 1. The fraction of sp³-hybridized carbons (Fsp3) is 0.105. The third-order valence-electron chi connectivity index (χ3n) is 4.20. The summed E-state index contributed by atoms with van der Waals surface area (Å²) in [5.74, 6) is -0.911. The third-order valence-corrected chi connectivity index (χ3v) is 6.03. The van der Waals surface area contributed by atoms with Gasteiger partial charge in [-0.2, -0.15) is 0 Å². The van der Waals surface area contributed by atoms with Gasteiger partial charge >= 0.3 is 0 Å². The van der Waals surface area contributed by atoms with Crippen molar-refractivity contribution in [3.8, 4) is 11.3 Å². The number of anilines is 1. The highest BCUT2D eigenvalue weighted by Gasteiger charge is 2.23.